The number of ether oxygens (including phenoxy) is 1. The van der Waals surface area contributed by atoms with Crippen LogP contribution in [0.1, 0.15) is 95.3 Å². The molecule has 1 N–H and O–H groups in total. The fourth-order valence-electron chi connectivity index (χ4n) is 6.81. The average Bonchev–Trinajstić information content (AvgIpc) is 3.06. The Hall–Kier alpha value is -2.02. The molecule has 3 aliphatic rings. The molecule has 0 aromatic heterocycles. The number of thioether (sulfide) groups is 1. The first-order chi connectivity index (χ1) is 17.1. The molecule has 0 radical (unpaired) electrons. The summed E-state index contributed by atoms with van der Waals surface area (Å²) in [6, 6.07) is 7.65. The van der Waals surface area contributed by atoms with Gasteiger partial charge in [0.15, 0.2) is 6.61 Å². The van der Waals surface area contributed by atoms with Gasteiger partial charge in [-0.1, -0.05) is 65.0 Å². The zero-order chi connectivity index (χ0) is 25.8. The highest BCUT2D eigenvalue weighted by Crippen LogP contribution is 2.52. The van der Waals surface area contributed by atoms with Crippen LogP contribution in [0.4, 0.5) is 0 Å². The van der Waals surface area contributed by atoms with Gasteiger partial charge in [-0.05, 0) is 55.1 Å². The van der Waals surface area contributed by atoms with Gasteiger partial charge in [0.2, 0.25) is 5.91 Å². The lowest BCUT2D eigenvalue weighted by Gasteiger charge is -2.39. The van der Waals surface area contributed by atoms with Crippen molar-refractivity contribution in [2.24, 2.45) is 10.8 Å². The Balaban J connectivity index is 1.28. The number of benzene rings is 1. The molecule has 4 rings (SSSR count). The van der Waals surface area contributed by atoms with Crippen LogP contribution in [0.5, 0.6) is 0 Å². The van der Waals surface area contributed by atoms with Crippen LogP contribution in [-0.4, -0.2) is 53.7 Å². The van der Waals surface area contributed by atoms with Crippen molar-refractivity contribution in [2.75, 3.05) is 18.9 Å². The summed E-state index contributed by atoms with van der Waals surface area (Å²) in [5.41, 5.74) is 0.773. The highest BCUT2D eigenvalue weighted by molar-refractivity contribution is 8.00. The van der Waals surface area contributed by atoms with Crippen molar-refractivity contribution in [3.63, 3.8) is 0 Å². The molecule has 2 amide bonds. The van der Waals surface area contributed by atoms with Gasteiger partial charge < -0.3 is 15.0 Å². The first-order valence-electron chi connectivity index (χ1n) is 13.6. The van der Waals surface area contributed by atoms with E-state index in [-0.39, 0.29) is 47.1 Å². The Bertz CT molecular complexity index is 956. The minimum atomic E-state index is -0.513. The number of carbonyl (C=O) groups excluding carboxylic acids is 3. The van der Waals surface area contributed by atoms with Crippen molar-refractivity contribution in [3.05, 3.63) is 29.8 Å². The molecule has 0 spiro atoms. The molecule has 2 atom stereocenters. The third kappa shape index (κ3) is 7.05. The summed E-state index contributed by atoms with van der Waals surface area (Å²) in [6.07, 6.45) is 11.3. The first kappa shape index (κ1) is 27.0. The number of nitrogens with zero attached hydrogens (tertiary/aromatic N) is 1. The van der Waals surface area contributed by atoms with Crippen molar-refractivity contribution in [1.82, 2.24) is 10.2 Å². The van der Waals surface area contributed by atoms with Crippen molar-refractivity contribution in [3.8, 4) is 0 Å². The van der Waals surface area contributed by atoms with E-state index < -0.39 is 5.97 Å². The number of carbonyl (C=O) groups is 3. The summed E-state index contributed by atoms with van der Waals surface area (Å²) >= 11 is 1.34. The first-order valence-corrected chi connectivity index (χ1v) is 14.6. The molecule has 36 heavy (non-hydrogen) atoms. The zero-order valence-corrected chi connectivity index (χ0v) is 23.0. The van der Waals surface area contributed by atoms with Gasteiger partial charge in [-0.2, -0.15) is 0 Å². The third-order valence-electron chi connectivity index (χ3n) is 8.00. The lowest BCUT2D eigenvalue weighted by molar-refractivity contribution is -0.135. The van der Waals surface area contributed by atoms with Gasteiger partial charge in [0.05, 0.1) is 11.3 Å². The summed E-state index contributed by atoms with van der Waals surface area (Å²) in [7, 11) is 0. The second kappa shape index (κ2) is 11.6. The van der Waals surface area contributed by atoms with Gasteiger partial charge in [-0.3, -0.25) is 9.59 Å². The number of nitrogens with one attached hydrogen (secondary N) is 1. The number of amides is 2. The fourth-order valence-corrected chi connectivity index (χ4v) is 7.67. The van der Waals surface area contributed by atoms with Crippen molar-refractivity contribution in [1.29, 1.82) is 0 Å². The summed E-state index contributed by atoms with van der Waals surface area (Å²) < 4.78 is 5.49. The van der Waals surface area contributed by atoms with Crippen LogP contribution >= 0.6 is 11.8 Å². The predicted octanol–water partition coefficient (Wildman–Crippen LogP) is 5.59. The normalized spacial score (nSPS) is 26.1. The zero-order valence-electron chi connectivity index (χ0n) is 22.1. The lowest BCUT2D eigenvalue weighted by Crippen LogP contribution is -2.39. The van der Waals surface area contributed by atoms with Crippen LogP contribution in [0.2, 0.25) is 0 Å². The van der Waals surface area contributed by atoms with Crippen molar-refractivity contribution >= 4 is 29.5 Å². The van der Waals surface area contributed by atoms with Crippen LogP contribution in [0.15, 0.2) is 29.2 Å². The fraction of sp³-hybridized carbons (Fsp3) is 0.690. The highest BCUT2D eigenvalue weighted by atomic mass is 32.2. The topological polar surface area (TPSA) is 75.7 Å². The molecule has 1 saturated heterocycles. The number of hydrogen-bond donors (Lipinski definition) is 1. The second-order valence-corrected chi connectivity index (χ2v) is 13.2. The summed E-state index contributed by atoms with van der Waals surface area (Å²) in [5.74, 6) is -0.372. The van der Waals surface area contributed by atoms with E-state index in [2.05, 4.69) is 26.1 Å². The molecular weight excluding hydrogens is 472 g/mol. The van der Waals surface area contributed by atoms with Crippen molar-refractivity contribution < 1.29 is 19.1 Å². The van der Waals surface area contributed by atoms with Crippen molar-refractivity contribution in [2.45, 2.75) is 102 Å². The highest BCUT2D eigenvalue weighted by Gasteiger charge is 2.50. The Labute approximate surface area is 220 Å². The van der Waals surface area contributed by atoms with Gasteiger partial charge in [-0.25, -0.2) is 4.79 Å². The molecule has 2 aliphatic carbocycles. The van der Waals surface area contributed by atoms with Crippen LogP contribution < -0.4 is 5.32 Å². The molecule has 6 nitrogen and oxygen atoms in total. The largest absolute Gasteiger partial charge is 0.452 e. The van der Waals surface area contributed by atoms with Gasteiger partial charge in [0, 0.05) is 23.5 Å². The molecule has 1 aromatic rings. The van der Waals surface area contributed by atoms with E-state index in [0.717, 1.165) is 38.6 Å². The standard InChI is InChI=1S/C29H42N2O4S/c1-28(2)15-22-16-29(3,19-28)20-31(22)26(33)17-35-27(34)23-13-9-10-14-24(23)36-18-25(32)30-21-11-7-5-4-6-8-12-21/h9-10,13-14,21-22H,4-8,11-12,15-20H2,1-3H3,(H,30,32)/t22-,29+/m0/s1. The smallest absolute Gasteiger partial charge is 0.339 e. The maximum absolute atomic E-state index is 13.0. The summed E-state index contributed by atoms with van der Waals surface area (Å²) in [6.45, 7) is 7.31. The minimum Gasteiger partial charge on any atom is -0.452 e. The molecule has 198 valence electrons. The monoisotopic (exact) mass is 514 g/mol. The van der Waals surface area contributed by atoms with E-state index in [0.29, 0.717) is 10.5 Å². The lowest BCUT2D eigenvalue weighted by atomic mass is 9.65. The van der Waals surface area contributed by atoms with Gasteiger partial charge >= 0.3 is 5.97 Å². The summed E-state index contributed by atoms with van der Waals surface area (Å²) in [5, 5.41) is 3.18. The molecular formula is C29H42N2O4S. The van der Waals surface area contributed by atoms with Gasteiger partial charge in [0.25, 0.3) is 5.91 Å². The maximum Gasteiger partial charge on any atom is 0.339 e. The van der Waals surface area contributed by atoms with E-state index in [1.807, 2.05) is 17.0 Å². The Morgan fingerprint density at radius 3 is 2.47 bits per heavy atom. The number of hydrogen-bond acceptors (Lipinski definition) is 5. The number of likely N-dealkylation sites (tertiary alicyclic amines) is 1. The van der Waals surface area contributed by atoms with E-state index in [1.54, 1.807) is 12.1 Å². The van der Waals surface area contributed by atoms with Crippen LogP contribution in [0, 0.1) is 10.8 Å². The molecule has 7 heteroatoms. The molecule has 2 bridgehead atoms. The van der Waals surface area contributed by atoms with Crippen LogP contribution in [-0.2, 0) is 14.3 Å². The Morgan fingerprint density at radius 2 is 1.72 bits per heavy atom. The molecule has 2 saturated carbocycles. The SMILES string of the molecule is CC1(C)C[C@H]2C[C@@](C)(CN2C(=O)COC(=O)c2ccccc2SCC(=O)NC2CCCCCCC2)C1. The average molecular weight is 515 g/mol. The molecule has 3 fully saturated rings. The third-order valence-corrected chi connectivity index (χ3v) is 9.07. The summed E-state index contributed by atoms with van der Waals surface area (Å²) in [4.78, 5) is 41.1. The quantitative estimate of drug-likeness (QED) is 0.379. The van der Waals surface area contributed by atoms with Gasteiger partial charge in [-0.15, -0.1) is 11.8 Å². The van der Waals surface area contributed by atoms with Crippen LogP contribution in [0.25, 0.3) is 0 Å². The Morgan fingerprint density at radius 1 is 1.03 bits per heavy atom. The van der Waals surface area contributed by atoms with E-state index in [4.69, 9.17) is 4.74 Å². The Kier molecular flexibility index (Phi) is 8.69. The number of esters is 1. The van der Waals surface area contributed by atoms with E-state index >= 15 is 0 Å². The van der Waals surface area contributed by atoms with E-state index in [9.17, 15) is 14.4 Å². The predicted molar refractivity (Wildman–Crippen MR) is 143 cm³/mol. The molecule has 0 unspecified atom stereocenters. The van der Waals surface area contributed by atoms with Crippen LogP contribution in [0.3, 0.4) is 0 Å². The van der Waals surface area contributed by atoms with E-state index in [1.165, 1.54) is 43.9 Å². The molecule has 1 aromatic carbocycles. The molecule has 1 heterocycles. The number of fused-ring (bicyclic) bond motifs is 2. The van der Waals surface area contributed by atoms with Gasteiger partial charge in [0.1, 0.15) is 0 Å². The second-order valence-electron chi connectivity index (χ2n) is 12.2. The maximum atomic E-state index is 13.0. The number of rotatable bonds is 7. The molecule has 1 aliphatic heterocycles. The minimum absolute atomic E-state index is 0.000455.